The molecule has 0 amide bonds. The van der Waals surface area contributed by atoms with E-state index in [9.17, 15) is 0 Å². The molecule has 0 saturated carbocycles. The number of thioether (sulfide) groups is 1. The topological polar surface area (TPSA) is 17.8 Å². The number of imidazole rings is 1. The first-order valence-electron chi connectivity index (χ1n) is 10.2. The Hall–Kier alpha value is -1.48. The summed E-state index contributed by atoms with van der Waals surface area (Å²) in [6, 6.07) is 10.6. The Morgan fingerprint density at radius 1 is 1.00 bits per heavy atom. The van der Waals surface area contributed by atoms with E-state index < -0.39 is 0 Å². The normalized spacial score (nSPS) is 12.7. The van der Waals surface area contributed by atoms with Gasteiger partial charge in [0.1, 0.15) is 0 Å². The predicted molar refractivity (Wildman–Crippen MR) is 117 cm³/mol. The van der Waals surface area contributed by atoms with Gasteiger partial charge < -0.3 is 4.57 Å². The smallest absolute Gasteiger partial charge is 0.0946 e. The van der Waals surface area contributed by atoms with Gasteiger partial charge in [-0.3, -0.25) is 0 Å². The lowest BCUT2D eigenvalue weighted by Crippen LogP contribution is -2.10. The van der Waals surface area contributed by atoms with Gasteiger partial charge in [0.05, 0.1) is 6.33 Å². The van der Waals surface area contributed by atoms with Crippen LogP contribution in [0.5, 0.6) is 0 Å². The molecule has 0 aliphatic rings. The fraction of sp³-hybridized carbons (Fsp3) is 0.522. The second-order valence-corrected chi connectivity index (χ2v) is 8.26. The van der Waals surface area contributed by atoms with Gasteiger partial charge >= 0.3 is 0 Å². The minimum Gasteiger partial charge on any atom is -0.336 e. The first kappa shape index (κ1) is 20.8. The summed E-state index contributed by atoms with van der Waals surface area (Å²) in [5.74, 6) is 1.24. The fourth-order valence-electron chi connectivity index (χ4n) is 3.02. The van der Waals surface area contributed by atoms with E-state index in [0.717, 1.165) is 6.54 Å². The van der Waals surface area contributed by atoms with Crippen LogP contribution in [0.2, 0.25) is 0 Å². The van der Waals surface area contributed by atoms with Crippen molar-refractivity contribution in [3.05, 3.63) is 60.7 Å². The Bertz CT molecular complexity index is 578. The molecule has 0 aliphatic carbocycles. The highest BCUT2D eigenvalue weighted by Crippen LogP contribution is 2.19. The van der Waals surface area contributed by atoms with Gasteiger partial charge in [-0.25, -0.2) is 4.98 Å². The molecule has 2 rings (SSSR count). The highest BCUT2D eigenvalue weighted by atomic mass is 32.2. The predicted octanol–water partition coefficient (Wildman–Crippen LogP) is 6.84. The zero-order valence-corrected chi connectivity index (χ0v) is 17.0. The molecule has 2 nitrogen and oxygen atoms in total. The van der Waals surface area contributed by atoms with E-state index in [1.165, 1.54) is 62.7 Å². The van der Waals surface area contributed by atoms with Crippen LogP contribution in [0, 0.1) is 0 Å². The van der Waals surface area contributed by atoms with Crippen molar-refractivity contribution in [2.45, 2.75) is 70.1 Å². The first-order valence-corrected chi connectivity index (χ1v) is 11.2. The maximum absolute atomic E-state index is 4.17. The molecule has 0 fully saturated rings. The third-order valence-corrected chi connectivity index (χ3v) is 5.84. The summed E-state index contributed by atoms with van der Waals surface area (Å²) in [7, 11) is 0. The average Bonchev–Trinajstić information content (AvgIpc) is 3.18. The van der Waals surface area contributed by atoms with Gasteiger partial charge in [-0.05, 0) is 17.7 Å². The zero-order chi connectivity index (χ0) is 18.3. The summed E-state index contributed by atoms with van der Waals surface area (Å²) in [6.45, 7) is 3.27. The number of unbranched alkanes of at least 4 members (excludes halogenated alkanes) is 7. The number of rotatable bonds is 14. The summed E-state index contributed by atoms with van der Waals surface area (Å²) in [4.78, 5) is 4.17. The second-order valence-electron chi connectivity index (χ2n) is 6.91. The van der Waals surface area contributed by atoms with Gasteiger partial charge in [-0.2, -0.15) is 11.8 Å². The van der Waals surface area contributed by atoms with Gasteiger partial charge in [0.2, 0.25) is 0 Å². The van der Waals surface area contributed by atoms with Crippen LogP contribution in [0.25, 0.3) is 6.08 Å². The number of aromatic nitrogens is 2. The van der Waals surface area contributed by atoms with Crippen molar-refractivity contribution in [3.63, 3.8) is 0 Å². The van der Waals surface area contributed by atoms with Gasteiger partial charge in [0.25, 0.3) is 0 Å². The number of nitrogens with zero attached hydrogens (tertiary/aromatic N) is 2. The van der Waals surface area contributed by atoms with Crippen LogP contribution in [-0.2, 0) is 6.54 Å². The van der Waals surface area contributed by atoms with E-state index >= 15 is 0 Å². The molecule has 0 saturated heterocycles. The number of hydrogen-bond donors (Lipinski definition) is 0. The molecule has 3 heteroatoms. The van der Waals surface area contributed by atoms with E-state index in [0.29, 0.717) is 5.25 Å². The van der Waals surface area contributed by atoms with Crippen molar-refractivity contribution in [3.8, 4) is 0 Å². The SMILES string of the molecule is CCCCCCCCCCSC(/C=C/c1ccccc1)Cn1ccnc1. The Balaban J connectivity index is 1.69. The molecule has 26 heavy (non-hydrogen) atoms. The number of benzene rings is 1. The molecule has 0 aliphatic heterocycles. The molecule has 142 valence electrons. The standard InChI is InChI=1S/C23H34N2S/c1-2-3-4-5-6-7-8-12-19-26-23(20-25-18-17-24-21-25)16-15-22-13-10-9-11-14-22/h9-11,13-18,21,23H,2-8,12,19-20H2,1H3/b16-15+. The quantitative estimate of drug-likeness (QED) is 0.339. The van der Waals surface area contributed by atoms with Crippen LogP contribution >= 0.6 is 11.8 Å². The van der Waals surface area contributed by atoms with E-state index in [4.69, 9.17) is 0 Å². The highest BCUT2D eigenvalue weighted by Gasteiger charge is 2.06. The molecule has 1 unspecified atom stereocenters. The van der Waals surface area contributed by atoms with Crippen LogP contribution < -0.4 is 0 Å². The number of hydrogen-bond acceptors (Lipinski definition) is 2. The van der Waals surface area contributed by atoms with Gasteiger partial charge in [-0.1, -0.05) is 94.4 Å². The van der Waals surface area contributed by atoms with Crippen molar-refractivity contribution in [2.75, 3.05) is 5.75 Å². The summed E-state index contributed by atoms with van der Waals surface area (Å²) < 4.78 is 2.18. The van der Waals surface area contributed by atoms with Gasteiger partial charge in [0, 0.05) is 24.2 Å². The monoisotopic (exact) mass is 370 g/mol. The fourth-order valence-corrected chi connectivity index (χ4v) is 4.17. The Kier molecular flexibility index (Phi) is 11.0. The van der Waals surface area contributed by atoms with E-state index in [1.54, 1.807) is 0 Å². The van der Waals surface area contributed by atoms with E-state index in [1.807, 2.05) is 12.5 Å². The molecular weight excluding hydrogens is 336 g/mol. The van der Waals surface area contributed by atoms with Crippen LogP contribution in [0.3, 0.4) is 0 Å². The van der Waals surface area contributed by atoms with Gasteiger partial charge in [-0.15, -0.1) is 0 Å². The van der Waals surface area contributed by atoms with Crippen LogP contribution in [0.1, 0.15) is 63.9 Å². The van der Waals surface area contributed by atoms with Gasteiger partial charge in [0.15, 0.2) is 0 Å². The summed E-state index contributed by atoms with van der Waals surface area (Å²) in [5, 5.41) is 0.494. The Morgan fingerprint density at radius 2 is 1.73 bits per heavy atom. The second kappa shape index (κ2) is 13.7. The lowest BCUT2D eigenvalue weighted by molar-refractivity contribution is 0.586. The van der Waals surface area contributed by atoms with E-state index in [-0.39, 0.29) is 0 Å². The zero-order valence-electron chi connectivity index (χ0n) is 16.2. The van der Waals surface area contributed by atoms with Crippen molar-refractivity contribution >= 4 is 17.8 Å². The molecule has 0 bridgehead atoms. The third-order valence-electron chi connectivity index (χ3n) is 4.58. The van der Waals surface area contributed by atoms with Crippen molar-refractivity contribution < 1.29 is 0 Å². The Morgan fingerprint density at radius 3 is 2.42 bits per heavy atom. The maximum atomic E-state index is 4.17. The summed E-state index contributed by atoms with van der Waals surface area (Å²) in [6.07, 6.45) is 21.5. The van der Waals surface area contributed by atoms with Crippen molar-refractivity contribution in [1.29, 1.82) is 0 Å². The maximum Gasteiger partial charge on any atom is 0.0946 e. The van der Waals surface area contributed by atoms with E-state index in [2.05, 4.69) is 76.9 Å². The molecule has 0 N–H and O–H groups in total. The third kappa shape index (κ3) is 9.28. The van der Waals surface area contributed by atoms with Crippen LogP contribution in [-0.4, -0.2) is 20.6 Å². The molecule has 0 radical (unpaired) electrons. The molecule has 1 atom stereocenters. The molecule has 0 spiro atoms. The van der Waals surface area contributed by atoms with Crippen molar-refractivity contribution in [2.24, 2.45) is 0 Å². The minimum absolute atomic E-state index is 0.494. The molecule has 2 aromatic rings. The lowest BCUT2D eigenvalue weighted by Gasteiger charge is -2.13. The summed E-state index contributed by atoms with van der Waals surface area (Å²) >= 11 is 2.08. The first-order chi connectivity index (χ1) is 12.9. The van der Waals surface area contributed by atoms with Crippen LogP contribution in [0.15, 0.2) is 55.1 Å². The molecule has 1 aromatic carbocycles. The molecule has 1 aromatic heterocycles. The van der Waals surface area contributed by atoms with Crippen LogP contribution in [0.4, 0.5) is 0 Å². The van der Waals surface area contributed by atoms with Crippen molar-refractivity contribution in [1.82, 2.24) is 9.55 Å². The largest absolute Gasteiger partial charge is 0.336 e. The lowest BCUT2D eigenvalue weighted by atomic mass is 10.1. The highest BCUT2D eigenvalue weighted by molar-refractivity contribution is 8.00. The Labute approximate surface area is 164 Å². The minimum atomic E-state index is 0.494. The summed E-state index contributed by atoms with van der Waals surface area (Å²) in [5.41, 5.74) is 1.27. The molecule has 1 heterocycles. The average molecular weight is 371 g/mol. The molecular formula is C23H34N2S.